The maximum Gasteiger partial charge on any atom is 0.306 e. The van der Waals surface area contributed by atoms with Crippen molar-refractivity contribution in [1.29, 1.82) is 0 Å². The van der Waals surface area contributed by atoms with Gasteiger partial charge in [0.15, 0.2) is 0 Å². The van der Waals surface area contributed by atoms with Crippen molar-refractivity contribution >= 4 is 17.3 Å². The molecule has 0 amide bonds. The summed E-state index contributed by atoms with van der Waals surface area (Å²) in [6, 6.07) is 0. The number of carboxylic acids is 1. The second-order valence-electron chi connectivity index (χ2n) is 3.43. The Hall–Kier alpha value is -0.900. The molecule has 1 N–H and O–H groups in total. The monoisotopic (exact) mass is 213 g/mol. The maximum absolute atomic E-state index is 10.6. The van der Waals surface area contributed by atoms with Crippen molar-refractivity contribution in [3.8, 4) is 0 Å². The summed E-state index contributed by atoms with van der Waals surface area (Å²) in [5.41, 5.74) is 0.911. The van der Waals surface area contributed by atoms with E-state index in [2.05, 4.69) is 11.9 Å². The molecule has 1 rings (SSSR count). The van der Waals surface area contributed by atoms with Crippen LogP contribution in [-0.4, -0.2) is 16.1 Å². The van der Waals surface area contributed by atoms with Crippen molar-refractivity contribution in [2.45, 2.75) is 33.1 Å². The third-order valence-electron chi connectivity index (χ3n) is 2.00. The van der Waals surface area contributed by atoms with Gasteiger partial charge in [0.05, 0.1) is 16.6 Å². The molecular weight excluding hydrogens is 198 g/mol. The first-order valence-corrected chi connectivity index (χ1v) is 5.67. The molecule has 1 atom stereocenters. The lowest BCUT2D eigenvalue weighted by molar-refractivity contribution is -0.141. The predicted molar refractivity (Wildman–Crippen MR) is 56.6 cm³/mol. The lowest BCUT2D eigenvalue weighted by atomic mass is 10.1. The molecule has 0 aliphatic heterocycles. The van der Waals surface area contributed by atoms with Crippen molar-refractivity contribution in [2.24, 2.45) is 5.92 Å². The molecule has 0 radical (unpaired) electrons. The molecule has 0 saturated carbocycles. The molecule has 3 nitrogen and oxygen atoms in total. The molecule has 4 heteroatoms. The van der Waals surface area contributed by atoms with Gasteiger partial charge in [0.1, 0.15) is 0 Å². The molecule has 1 unspecified atom stereocenters. The molecule has 0 aliphatic rings. The van der Waals surface area contributed by atoms with Gasteiger partial charge in [-0.25, -0.2) is 4.98 Å². The molecule has 0 bridgehead atoms. The first-order chi connectivity index (χ1) is 6.63. The van der Waals surface area contributed by atoms with Gasteiger partial charge in [-0.1, -0.05) is 13.8 Å². The molecular formula is C10H15NO2S. The molecule has 78 valence electrons. The molecule has 0 fully saturated rings. The maximum atomic E-state index is 10.6. The van der Waals surface area contributed by atoms with Crippen molar-refractivity contribution in [3.05, 3.63) is 16.1 Å². The SMILES string of the molecule is CCCc1nc(CC(C)C(=O)O)cs1. The smallest absolute Gasteiger partial charge is 0.306 e. The van der Waals surface area contributed by atoms with Gasteiger partial charge in [0, 0.05) is 11.8 Å². The van der Waals surface area contributed by atoms with Crippen LogP contribution < -0.4 is 0 Å². The molecule has 0 spiro atoms. The third-order valence-corrected chi connectivity index (χ3v) is 2.96. The van der Waals surface area contributed by atoms with Crippen LogP contribution in [0.15, 0.2) is 5.38 Å². The van der Waals surface area contributed by atoms with E-state index in [0.29, 0.717) is 6.42 Å². The van der Waals surface area contributed by atoms with Crippen LogP contribution in [0.1, 0.15) is 31.0 Å². The van der Waals surface area contributed by atoms with Gasteiger partial charge < -0.3 is 5.11 Å². The predicted octanol–water partition coefficient (Wildman–Crippen LogP) is 2.36. The molecule has 0 aliphatic carbocycles. The highest BCUT2D eigenvalue weighted by Gasteiger charge is 2.13. The summed E-state index contributed by atoms with van der Waals surface area (Å²) in [4.78, 5) is 15.0. The topological polar surface area (TPSA) is 50.2 Å². The first-order valence-electron chi connectivity index (χ1n) is 4.79. The quantitative estimate of drug-likeness (QED) is 0.816. The van der Waals surface area contributed by atoms with E-state index in [1.54, 1.807) is 18.3 Å². The lowest BCUT2D eigenvalue weighted by Gasteiger charge is -2.01. The van der Waals surface area contributed by atoms with Crippen LogP contribution in [-0.2, 0) is 17.6 Å². The third kappa shape index (κ3) is 3.10. The van der Waals surface area contributed by atoms with Gasteiger partial charge in [-0.2, -0.15) is 0 Å². The van der Waals surface area contributed by atoms with Gasteiger partial charge in [-0.15, -0.1) is 11.3 Å². The lowest BCUT2D eigenvalue weighted by Crippen LogP contribution is -2.12. The highest BCUT2D eigenvalue weighted by molar-refractivity contribution is 7.09. The molecule has 14 heavy (non-hydrogen) atoms. The van der Waals surface area contributed by atoms with Gasteiger partial charge in [0.2, 0.25) is 0 Å². The summed E-state index contributed by atoms with van der Waals surface area (Å²) in [5.74, 6) is -1.10. The number of aryl methyl sites for hydroxylation is 1. The zero-order valence-electron chi connectivity index (χ0n) is 8.49. The summed E-state index contributed by atoms with van der Waals surface area (Å²) in [7, 11) is 0. The highest BCUT2D eigenvalue weighted by Crippen LogP contribution is 2.15. The Kier molecular flexibility index (Phi) is 4.07. The Labute approximate surface area is 87.8 Å². The minimum Gasteiger partial charge on any atom is -0.481 e. The van der Waals surface area contributed by atoms with Crippen molar-refractivity contribution < 1.29 is 9.90 Å². The zero-order valence-corrected chi connectivity index (χ0v) is 9.30. The van der Waals surface area contributed by atoms with E-state index in [1.165, 1.54) is 0 Å². The van der Waals surface area contributed by atoms with Crippen LogP contribution in [0.4, 0.5) is 0 Å². The Morgan fingerprint density at radius 2 is 2.43 bits per heavy atom. The molecule has 0 saturated heterocycles. The summed E-state index contributed by atoms with van der Waals surface area (Å²) >= 11 is 1.62. The van der Waals surface area contributed by atoms with E-state index in [4.69, 9.17) is 5.11 Å². The van der Waals surface area contributed by atoms with E-state index in [-0.39, 0.29) is 5.92 Å². The standard InChI is InChI=1S/C10H15NO2S/c1-3-4-9-11-8(6-14-9)5-7(2)10(12)13/h6-7H,3-5H2,1-2H3,(H,12,13). The number of hydrogen-bond acceptors (Lipinski definition) is 3. The normalized spacial score (nSPS) is 12.7. The number of carboxylic acid groups (broad SMARTS) is 1. The minimum absolute atomic E-state index is 0.341. The van der Waals surface area contributed by atoms with Gasteiger partial charge in [-0.3, -0.25) is 4.79 Å². The van der Waals surface area contributed by atoms with E-state index in [1.807, 2.05) is 5.38 Å². The number of hydrogen-bond donors (Lipinski definition) is 1. The van der Waals surface area contributed by atoms with E-state index in [0.717, 1.165) is 23.5 Å². The van der Waals surface area contributed by atoms with Crippen molar-refractivity contribution in [2.75, 3.05) is 0 Å². The Morgan fingerprint density at radius 1 is 1.71 bits per heavy atom. The van der Waals surface area contributed by atoms with Gasteiger partial charge in [0.25, 0.3) is 0 Å². The zero-order chi connectivity index (χ0) is 10.6. The Morgan fingerprint density at radius 3 is 3.00 bits per heavy atom. The number of thiazole rings is 1. The number of aromatic nitrogens is 1. The van der Waals surface area contributed by atoms with Crippen molar-refractivity contribution in [3.63, 3.8) is 0 Å². The van der Waals surface area contributed by atoms with Gasteiger partial charge in [-0.05, 0) is 12.8 Å². The average Bonchev–Trinajstić information content (AvgIpc) is 2.53. The largest absolute Gasteiger partial charge is 0.481 e. The summed E-state index contributed by atoms with van der Waals surface area (Å²) in [6.07, 6.45) is 2.61. The van der Waals surface area contributed by atoms with Crippen LogP contribution in [0.25, 0.3) is 0 Å². The number of carbonyl (C=O) groups is 1. The fourth-order valence-corrected chi connectivity index (χ4v) is 2.09. The second-order valence-corrected chi connectivity index (χ2v) is 4.37. The van der Waals surface area contributed by atoms with Crippen LogP contribution in [0.5, 0.6) is 0 Å². The molecule has 1 heterocycles. The first kappa shape index (κ1) is 11.2. The Bertz CT molecular complexity index is 309. The average molecular weight is 213 g/mol. The number of rotatable bonds is 5. The minimum atomic E-state index is -0.755. The number of aliphatic carboxylic acids is 1. The van der Waals surface area contributed by atoms with Gasteiger partial charge >= 0.3 is 5.97 Å². The summed E-state index contributed by atoms with van der Waals surface area (Å²) in [6.45, 7) is 3.82. The van der Waals surface area contributed by atoms with Crippen LogP contribution in [0.3, 0.4) is 0 Å². The Balaban J connectivity index is 2.55. The van der Waals surface area contributed by atoms with Crippen LogP contribution in [0, 0.1) is 5.92 Å². The summed E-state index contributed by atoms with van der Waals surface area (Å²) in [5, 5.41) is 11.8. The molecule has 1 aromatic rings. The van der Waals surface area contributed by atoms with Crippen LogP contribution in [0.2, 0.25) is 0 Å². The summed E-state index contributed by atoms with van der Waals surface area (Å²) < 4.78 is 0. The highest BCUT2D eigenvalue weighted by atomic mass is 32.1. The van der Waals surface area contributed by atoms with Crippen molar-refractivity contribution in [1.82, 2.24) is 4.98 Å². The van der Waals surface area contributed by atoms with Crippen LogP contribution >= 0.6 is 11.3 Å². The number of nitrogens with zero attached hydrogens (tertiary/aromatic N) is 1. The second kappa shape index (κ2) is 5.10. The van der Waals surface area contributed by atoms with E-state index in [9.17, 15) is 4.79 Å². The molecule has 0 aromatic carbocycles. The fraction of sp³-hybridized carbons (Fsp3) is 0.600. The van der Waals surface area contributed by atoms with E-state index >= 15 is 0 Å². The fourth-order valence-electron chi connectivity index (χ4n) is 1.17. The van der Waals surface area contributed by atoms with E-state index < -0.39 is 5.97 Å². The molecule has 1 aromatic heterocycles.